The summed E-state index contributed by atoms with van der Waals surface area (Å²) in [7, 11) is 3.20. The van der Waals surface area contributed by atoms with Crippen LogP contribution in [0.1, 0.15) is 33.0 Å². The highest BCUT2D eigenvalue weighted by Gasteiger charge is 2.42. The number of carbonyl (C=O) groups is 2. The van der Waals surface area contributed by atoms with Gasteiger partial charge in [0, 0.05) is 38.2 Å². The van der Waals surface area contributed by atoms with Crippen molar-refractivity contribution in [3.8, 4) is 5.75 Å². The fourth-order valence-corrected chi connectivity index (χ4v) is 4.64. The standard InChI is InChI=1S/C28H27F3N2O3/c1-32(16-19-7-4-3-5-8-19)27(35)25-18-33(26(34)20-11-13-23(36-2)14-12-20)17-24(25)21-9-6-10-22(15-21)28(29,30)31/h3-15,24-25H,16-18H2,1-2H3. The monoisotopic (exact) mass is 496 g/mol. The van der Waals surface area contributed by atoms with E-state index >= 15 is 0 Å². The van der Waals surface area contributed by atoms with Crippen LogP contribution in [-0.2, 0) is 17.5 Å². The minimum atomic E-state index is -4.50. The third-order valence-corrected chi connectivity index (χ3v) is 6.54. The van der Waals surface area contributed by atoms with Crippen LogP contribution in [0.4, 0.5) is 13.2 Å². The van der Waals surface area contributed by atoms with Gasteiger partial charge in [0.2, 0.25) is 5.91 Å². The summed E-state index contributed by atoms with van der Waals surface area (Å²) in [5.41, 5.74) is 0.975. The molecule has 0 aliphatic carbocycles. The first kappa shape index (κ1) is 25.3. The van der Waals surface area contributed by atoms with Crippen molar-refractivity contribution in [2.75, 3.05) is 27.2 Å². The van der Waals surface area contributed by atoms with Crippen LogP contribution in [0.25, 0.3) is 0 Å². The number of amides is 2. The Morgan fingerprint density at radius 2 is 1.67 bits per heavy atom. The number of alkyl halides is 3. The van der Waals surface area contributed by atoms with Crippen LogP contribution in [0.15, 0.2) is 78.9 Å². The Kier molecular flexibility index (Phi) is 7.33. The molecule has 0 bridgehead atoms. The number of hydrogen-bond acceptors (Lipinski definition) is 3. The zero-order valence-corrected chi connectivity index (χ0v) is 20.0. The molecule has 3 aromatic rings. The van der Waals surface area contributed by atoms with Gasteiger partial charge in [0.05, 0.1) is 18.6 Å². The number of methoxy groups -OCH3 is 1. The van der Waals surface area contributed by atoms with Crippen molar-refractivity contribution in [1.29, 1.82) is 0 Å². The topological polar surface area (TPSA) is 49.9 Å². The highest BCUT2D eigenvalue weighted by Crippen LogP contribution is 2.38. The van der Waals surface area contributed by atoms with Gasteiger partial charge in [0.25, 0.3) is 5.91 Å². The Morgan fingerprint density at radius 3 is 2.31 bits per heavy atom. The number of rotatable bonds is 6. The van der Waals surface area contributed by atoms with Crippen molar-refractivity contribution >= 4 is 11.8 Å². The van der Waals surface area contributed by atoms with Crippen molar-refractivity contribution in [2.24, 2.45) is 5.92 Å². The lowest BCUT2D eigenvalue weighted by Crippen LogP contribution is -2.36. The van der Waals surface area contributed by atoms with Crippen LogP contribution in [-0.4, -0.2) is 48.9 Å². The maximum atomic E-state index is 13.6. The highest BCUT2D eigenvalue weighted by molar-refractivity contribution is 5.95. The van der Waals surface area contributed by atoms with Gasteiger partial charge in [-0.1, -0.05) is 48.5 Å². The Balaban J connectivity index is 1.63. The van der Waals surface area contributed by atoms with Crippen LogP contribution in [0.3, 0.4) is 0 Å². The summed E-state index contributed by atoms with van der Waals surface area (Å²) in [5.74, 6) is -1.14. The molecular formula is C28H27F3N2O3. The molecule has 1 fully saturated rings. The number of halogens is 3. The second-order valence-electron chi connectivity index (χ2n) is 8.95. The van der Waals surface area contributed by atoms with E-state index in [2.05, 4.69) is 0 Å². The van der Waals surface area contributed by atoms with Crippen molar-refractivity contribution in [2.45, 2.75) is 18.6 Å². The predicted octanol–water partition coefficient (Wildman–Crippen LogP) is 5.23. The largest absolute Gasteiger partial charge is 0.497 e. The first-order valence-electron chi connectivity index (χ1n) is 11.6. The van der Waals surface area contributed by atoms with Gasteiger partial charge < -0.3 is 14.5 Å². The molecule has 3 aromatic carbocycles. The second-order valence-corrected chi connectivity index (χ2v) is 8.95. The molecule has 2 unspecified atom stereocenters. The van der Waals surface area contributed by atoms with Gasteiger partial charge in [-0.15, -0.1) is 0 Å². The minimum Gasteiger partial charge on any atom is -0.497 e. The highest BCUT2D eigenvalue weighted by atomic mass is 19.4. The second kappa shape index (κ2) is 10.4. The molecule has 2 atom stereocenters. The smallest absolute Gasteiger partial charge is 0.416 e. The molecule has 36 heavy (non-hydrogen) atoms. The van der Waals surface area contributed by atoms with Crippen molar-refractivity contribution < 1.29 is 27.5 Å². The summed E-state index contributed by atoms with van der Waals surface area (Å²) in [6, 6.07) is 21.1. The molecule has 1 aliphatic rings. The number of ether oxygens (including phenoxy) is 1. The van der Waals surface area contributed by atoms with E-state index < -0.39 is 23.6 Å². The summed E-state index contributed by atoms with van der Waals surface area (Å²) in [5, 5.41) is 0. The summed E-state index contributed by atoms with van der Waals surface area (Å²) in [6.07, 6.45) is -4.50. The van der Waals surface area contributed by atoms with Gasteiger partial charge in [-0.2, -0.15) is 13.2 Å². The first-order valence-corrected chi connectivity index (χ1v) is 11.6. The van der Waals surface area contributed by atoms with E-state index in [4.69, 9.17) is 4.74 Å². The molecule has 1 saturated heterocycles. The van der Waals surface area contributed by atoms with Gasteiger partial charge in [-0.05, 0) is 41.5 Å². The first-order chi connectivity index (χ1) is 17.2. The maximum Gasteiger partial charge on any atom is 0.416 e. The van der Waals surface area contributed by atoms with E-state index in [1.165, 1.54) is 13.2 Å². The fourth-order valence-electron chi connectivity index (χ4n) is 4.64. The molecule has 5 nitrogen and oxygen atoms in total. The van der Waals surface area contributed by atoms with Crippen LogP contribution >= 0.6 is 0 Å². The third-order valence-electron chi connectivity index (χ3n) is 6.54. The quantitative estimate of drug-likeness (QED) is 0.470. The Morgan fingerprint density at radius 1 is 0.972 bits per heavy atom. The Bertz CT molecular complexity index is 1210. The molecule has 1 aliphatic heterocycles. The number of benzene rings is 3. The third kappa shape index (κ3) is 5.53. The molecule has 0 spiro atoms. The van der Waals surface area contributed by atoms with E-state index in [0.717, 1.165) is 17.7 Å². The van der Waals surface area contributed by atoms with E-state index in [1.807, 2.05) is 30.3 Å². The zero-order valence-electron chi connectivity index (χ0n) is 20.0. The molecule has 8 heteroatoms. The predicted molar refractivity (Wildman–Crippen MR) is 129 cm³/mol. The van der Waals surface area contributed by atoms with Crippen LogP contribution in [0, 0.1) is 5.92 Å². The number of carbonyl (C=O) groups excluding carboxylic acids is 2. The van der Waals surface area contributed by atoms with Gasteiger partial charge in [0.15, 0.2) is 0 Å². The summed E-state index contributed by atoms with van der Waals surface area (Å²) < 4.78 is 45.4. The molecule has 188 valence electrons. The molecule has 0 aromatic heterocycles. The van der Waals surface area contributed by atoms with Gasteiger partial charge in [-0.3, -0.25) is 9.59 Å². The Hall–Kier alpha value is -3.81. The molecule has 0 N–H and O–H groups in total. The van der Waals surface area contributed by atoms with E-state index in [1.54, 1.807) is 47.2 Å². The minimum absolute atomic E-state index is 0.115. The molecule has 4 rings (SSSR count). The van der Waals surface area contributed by atoms with Crippen molar-refractivity contribution in [3.05, 3.63) is 101 Å². The SMILES string of the molecule is COc1ccc(C(=O)N2CC(C(=O)N(C)Cc3ccccc3)C(c3cccc(C(F)(F)F)c3)C2)cc1. The lowest BCUT2D eigenvalue weighted by atomic mass is 9.87. The van der Waals surface area contributed by atoms with Crippen molar-refractivity contribution in [1.82, 2.24) is 9.80 Å². The number of nitrogens with zero attached hydrogens (tertiary/aromatic N) is 2. The summed E-state index contributed by atoms with van der Waals surface area (Å²) >= 11 is 0. The molecule has 1 heterocycles. The summed E-state index contributed by atoms with van der Waals surface area (Å²) in [4.78, 5) is 29.9. The number of hydrogen-bond donors (Lipinski definition) is 0. The van der Waals surface area contributed by atoms with Crippen LogP contribution < -0.4 is 4.74 Å². The Labute approximate surface area is 208 Å². The van der Waals surface area contributed by atoms with Gasteiger partial charge in [0.1, 0.15) is 5.75 Å². The number of likely N-dealkylation sites (tertiary alicyclic amines) is 1. The lowest BCUT2D eigenvalue weighted by Gasteiger charge is -2.25. The van der Waals surface area contributed by atoms with Gasteiger partial charge >= 0.3 is 6.18 Å². The van der Waals surface area contributed by atoms with Crippen LogP contribution in [0.2, 0.25) is 0 Å². The average molecular weight is 497 g/mol. The van der Waals surface area contributed by atoms with Gasteiger partial charge in [-0.25, -0.2) is 0 Å². The molecular weight excluding hydrogens is 469 g/mol. The fraction of sp³-hybridized carbons (Fsp3) is 0.286. The molecule has 0 saturated carbocycles. The normalized spacial score (nSPS) is 17.6. The van der Waals surface area contributed by atoms with E-state index in [-0.39, 0.29) is 24.9 Å². The maximum absolute atomic E-state index is 13.6. The summed E-state index contributed by atoms with van der Waals surface area (Å²) in [6.45, 7) is 0.614. The van der Waals surface area contributed by atoms with Crippen LogP contribution in [0.5, 0.6) is 5.75 Å². The molecule has 2 amide bonds. The van der Waals surface area contributed by atoms with E-state index in [0.29, 0.717) is 23.4 Å². The molecule has 0 radical (unpaired) electrons. The van der Waals surface area contributed by atoms with Crippen molar-refractivity contribution in [3.63, 3.8) is 0 Å². The average Bonchev–Trinajstić information content (AvgIpc) is 3.33. The van der Waals surface area contributed by atoms with E-state index in [9.17, 15) is 22.8 Å². The zero-order chi connectivity index (χ0) is 25.9. The lowest BCUT2D eigenvalue weighted by molar-refractivity contribution is -0.137.